The highest BCUT2D eigenvalue weighted by Crippen LogP contribution is 2.11. The van der Waals surface area contributed by atoms with E-state index < -0.39 is 0 Å². The van der Waals surface area contributed by atoms with Gasteiger partial charge in [-0.15, -0.1) is 0 Å². The van der Waals surface area contributed by atoms with Crippen LogP contribution >= 0.6 is 0 Å². The molecule has 0 bridgehead atoms. The summed E-state index contributed by atoms with van der Waals surface area (Å²) in [6, 6.07) is 2.11. The van der Waals surface area contributed by atoms with E-state index >= 15 is 0 Å². The molecule has 0 aliphatic heterocycles. The van der Waals surface area contributed by atoms with Crippen molar-refractivity contribution in [2.75, 3.05) is 0 Å². The summed E-state index contributed by atoms with van der Waals surface area (Å²) in [7, 11) is 0. The summed E-state index contributed by atoms with van der Waals surface area (Å²) in [5.41, 5.74) is 3.63. The number of Topliss-reactive ketones (excluding diaryl/α,β-unsaturated/α-hetero) is 1. The van der Waals surface area contributed by atoms with Crippen LogP contribution in [-0.2, 0) is 11.2 Å². The third-order valence-corrected chi connectivity index (χ3v) is 2.00. The minimum Gasteiger partial charge on any atom is -0.362 e. The zero-order valence-electron chi connectivity index (χ0n) is 7.90. The normalized spacial score (nSPS) is 10.2. The van der Waals surface area contributed by atoms with Crippen molar-refractivity contribution in [2.45, 2.75) is 33.6 Å². The van der Waals surface area contributed by atoms with Gasteiger partial charge in [0.05, 0.1) is 0 Å². The van der Waals surface area contributed by atoms with Crippen LogP contribution in [0.3, 0.4) is 0 Å². The molecule has 0 spiro atoms. The maximum atomic E-state index is 10.7. The van der Waals surface area contributed by atoms with Crippen LogP contribution in [0.4, 0.5) is 0 Å². The molecule has 0 aliphatic carbocycles. The first-order valence-corrected chi connectivity index (χ1v) is 4.24. The molecular formula is C10H15NO. The molecule has 1 N–H and O–H groups in total. The third kappa shape index (κ3) is 2.22. The number of H-pyrrole nitrogens is 1. The van der Waals surface area contributed by atoms with Gasteiger partial charge in [0.1, 0.15) is 5.78 Å². The lowest BCUT2D eigenvalue weighted by atomic mass is 10.1. The molecule has 0 unspecified atom stereocenters. The van der Waals surface area contributed by atoms with Gasteiger partial charge < -0.3 is 9.78 Å². The van der Waals surface area contributed by atoms with Crippen molar-refractivity contribution in [3.8, 4) is 0 Å². The van der Waals surface area contributed by atoms with Crippen LogP contribution in [0, 0.1) is 13.8 Å². The molecule has 0 atom stereocenters. The predicted octanol–water partition coefficient (Wildman–Crippen LogP) is 2.15. The fourth-order valence-electron chi connectivity index (χ4n) is 1.35. The lowest BCUT2D eigenvalue weighted by Gasteiger charge is -1.95. The number of ketones is 1. The topological polar surface area (TPSA) is 32.9 Å². The summed E-state index contributed by atoms with van der Waals surface area (Å²) < 4.78 is 0. The number of rotatable bonds is 3. The Kier molecular flexibility index (Phi) is 2.69. The van der Waals surface area contributed by atoms with Crippen molar-refractivity contribution in [1.82, 2.24) is 4.98 Å². The Bertz CT molecular complexity index is 286. The first-order chi connectivity index (χ1) is 5.59. The summed E-state index contributed by atoms with van der Waals surface area (Å²) in [6.45, 7) is 5.71. The lowest BCUT2D eigenvalue weighted by molar-refractivity contribution is -0.116. The third-order valence-electron chi connectivity index (χ3n) is 2.00. The molecule has 0 saturated heterocycles. The molecule has 0 aliphatic rings. The molecule has 1 rings (SSSR count). The maximum Gasteiger partial charge on any atom is 0.130 e. The second-order valence-electron chi connectivity index (χ2n) is 3.30. The van der Waals surface area contributed by atoms with Gasteiger partial charge in [-0.1, -0.05) is 0 Å². The van der Waals surface area contributed by atoms with Crippen LogP contribution in [-0.4, -0.2) is 10.8 Å². The number of nitrogens with one attached hydrogen (secondary N) is 1. The first kappa shape index (κ1) is 9.04. The van der Waals surface area contributed by atoms with E-state index in [-0.39, 0.29) is 5.78 Å². The molecule has 0 fully saturated rings. The molecule has 12 heavy (non-hydrogen) atoms. The molecule has 1 heterocycles. The van der Waals surface area contributed by atoms with Gasteiger partial charge in [0.25, 0.3) is 0 Å². The first-order valence-electron chi connectivity index (χ1n) is 4.24. The van der Waals surface area contributed by atoms with E-state index in [0.717, 1.165) is 6.42 Å². The largest absolute Gasteiger partial charge is 0.362 e. The lowest BCUT2D eigenvalue weighted by Crippen LogP contribution is -1.93. The fraction of sp³-hybridized carbons (Fsp3) is 0.500. The van der Waals surface area contributed by atoms with Gasteiger partial charge in [-0.25, -0.2) is 0 Å². The number of aromatic nitrogens is 1. The molecule has 0 aromatic carbocycles. The summed E-state index contributed by atoms with van der Waals surface area (Å²) in [5.74, 6) is 0.258. The molecule has 0 saturated carbocycles. The number of hydrogen-bond acceptors (Lipinski definition) is 1. The average Bonchev–Trinajstić information content (AvgIpc) is 2.26. The monoisotopic (exact) mass is 165 g/mol. The Balaban J connectivity index is 2.62. The van der Waals surface area contributed by atoms with Gasteiger partial charge in [0, 0.05) is 17.8 Å². The zero-order valence-corrected chi connectivity index (χ0v) is 7.90. The van der Waals surface area contributed by atoms with E-state index in [2.05, 4.69) is 11.1 Å². The Hall–Kier alpha value is -1.05. The van der Waals surface area contributed by atoms with Crippen LogP contribution < -0.4 is 0 Å². The van der Waals surface area contributed by atoms with Crippen LogP contribution in [0.25, 0.3) is 0 Å². The number of aryl methyl sites for hydroxylation is 3. The zero-order chi connectivity index (χ0) is 9.14. The Morgan fingerprint density at radius 3 is 2.58 bits per heavy atom. The number of carbonyl (C=O) groups is 1. The Morgan fingerprint density at radius 2 is 2.17 bits per heavy atom. The highest BCUT2D eigenvalue weighted by molar-refractivity contribution is 5.75. The van der Waals surface area contributed by atoms with Gasteiger partial charge in [0.2, 0.25) is 0 Å². The molecular weight excluding hydrogens is 150 g/mol. The number of carbonyl (C=O) groups excluding carboxylic acids is 1. The van der Waals surface area contributed by atoms with E-state index in [1.807, 2.05) is 13.8 Å². The molecule has 2 heteroatoms. The number of hydrogen-bond donors (Lipinski definition) is 1. The second-order valence-corrected chi connectivity index (χ2v) is 3.30. The van der Waals surface area contributed by atoms with E-state index in [1.165, 1.54) is 17.0 Å². The molecule has 1 aromatic heterocycles. The van der Waals surface area contributed by atoms with Gasteiger partial charge in [-0.2, -0.15) is 0 Å². The Labute approximate surface area is 73.0 Å². The minimum absolute atomic E-state index is 0.258. The Morgan fingerprint density at radius 1 is 1.50 bits per heavy atom. The maximum absolute atomic E-state index is 10.7. The molecule has 2 nitrogen and oxygen atoms in total. The SMILES string of the molecule is CC(=O)CCc1cc(C)[nH]c1C. The van der Waals surface area contributed by atoms with Crippen molar-refractivity contribution in [3.05, 3.63) is 23.0 Å². The minimum atomic E-state index is 0.258. The molecule has 66 valence electrons. The molecule has 0 amide bonds. The highest BCUT2D eigenvalue weighted by Gasteiger charge is 2.02. The van der Waals surface area contributed by atoms with E-state index in [9.17, 15) is 4.79 Å². The summed E-state index contributed by atoms with van der Waals surface area (Å²) in [5, 5.41) is 0. The van der Waals surface area contributed by atoms with Crippen LogP contribution in [0.15, 0.2) is 6.07 Å². The van der Waals surface area contributed by atoms with Crippen LogP contribution in [0.1, 0.15) is 30.3 Å². The second kappa shape index (κ2) is 3.57. The predicted molar refractivity (Wildman–Crippen MR) is 49.3 cm³/mol. The van der Waals surface area contributed by atoms with Crippen molar-refractivity contribution >= 4 is 5.78 Å². The standard InChI is InChI=1S/C10H15NO/c1-7-6-10(9(3)11-7)5-4-8(2)12/h6,11H,4-5H2,1-3H3. The van der Waals surface area contributed by atoms with Gasteiger partial charge in [-0.3, -0.25) is 0 Å². The van der Waals surface area contributed by atoms with Gasteiger partial charge in [-0.05, 0) is 38.8 Å². The molecule has 1 aromatic rings. The van der Waals surface area contributed by atoms with Crippen molar-refractivity contribution < 1.29 is 4.79 Å². The van der Waals surface area contributed by atoms with Gasteiger partial charge in [0.15, 0.2) is 0 Å². The van der Waals surface area contributed by atoms with Gasteiger partial charge >= 0.3 is 0 Å². The highest BCUT2D eigenvalue weighted by atomic mass is 16.1. The van der Waals surface area contributed by atoms with Crippen molar-refractivity contribution in [3.63, 3.8) is 0 Å². The number of aromatic amines is 1. The quantitative estimate of drug-likeness (QED) is 0.731. The van der Waals surface area contributed by atoms with E-state index in [4.69, 9.17) is 0 Å². The van der Waals surface area contributed by atoms with Crippen LogP contribution in [0.2, 0.25) is 0 Å². The molecule has 0 radical (unpaired) electrons. The fourth-order valence-corrected chi connectivity index (χ4v) is 1.35. The summed E-state index contributed by atoms with van der Waals surface area (Å²) >= 11 is 0. The summed E-state index contributed by atoms with van der Waals surface area (Å²) in [6.07, 6.45) is 1.52. The van der Waals surface area contributed by atoms with Crippen molar-refractivity contribution in [2.24, 2.45) is 0 Å². The van der Waals surface area contributed by atoms with Crippen molar-refractivity contribution in [1.29, 1.82) is 0 Å². The average molecular weight is 165 g/mol. The van der Waals surface area contributed by atoms with E-state index in [0.29, 0.717) is 6.42 Å². The smallest absolute Gasteiger partial charge is 0.130 e. The van der Waals surface area contributed by atoms with Crippen LogP contribution in [0.5, 0.6) is 0 Å². The van der Waals surface area contributed by atoms with E-state index in [1.54, 1.807) is 6.92 Å². The summed E-state index contributed by atoms with van der Waals surface area (Å²) in [4.78, 5) is 13.9.